The second kappa shape index (κ2) is 39.8. The molecular formula is C50H102N2O5. The van der Waals surface area contributed by atoms with Crippen LogP contribution >= 0.6 is 0 Å². The minimum atomic E-state index is -0.109. The number of aliphatic hydroxyl groups is 2. The van der Waals surface area contributed by atoms with Gasteiger partial charge in [-0.2, -0.15) is 0 Å². The molecule has 0 radical (unpaired) electrons. The van der Waals surface area contributed by atoms with Crippen LogP contribution < -0.4 is 0 Å². The van der Waals surface area contributed by atoms with Crippen molar-refractivity contribution >= 4 is 0 Å². The van der Waals surface area contributed by atoms with Crippen LogP contribution in [0, 0.1) is 10.8 Å². The molecule has 0 bridgehead atoms. The predicted molar refractivity (Wildman–Crippen MR) is 246 cm³/mol. The molecule has 0 aromatic carbocycles. The fourth-order valence-electron chi connectivity index (χ4n) is 8.73. The second-order valence-corrected chi connectivity index (χ2v) is 19.0. The van der Waals surface area contributed by atoms with Crippen molar-refractivity contribution in [2.24, 2.45) is 10.8 Å². The average molecular weight is 811 g/mol. The van der Waals surface area contributed by atoms with E-state index in [1.807, 2.05) is 0 Å². The molecule has 7 heteroatoms. The van der Waals surface area contributed by atoms with Gasteiger partial charge in [-0.25, -0.2) is 0 Å². The Hall–Kier alpha value is -0.280. The van der Waals surface area contributed by atoms with Crippen LogP contribution in [0.5, 0.6) is 0 Å². The number of unbranched alkanes of at least 4 members (excludes halogenated alkanes) is 26. The summed E-state index contributed by atoms with van der Waals surface area (Å²) in [5, 5.41) is 21.0. The van der Waals surface area contributed by atoms with Crippen molar-refractivity contribution in [1.29, 1.82) is 0 Å². The van der Waals surface area contributed by atoms with E-state index < -0.39 is 0 Å². The first-order valence-electron chi connectivity index (χ1n) is 25.3. The minimum Gasteiger partial charge on any atom is -0.396 e. The Morgan fingerprint density at radius 1 is 0.351 bits per heavy atom. The van der Waals surface area contributed by atoms with Crippen LogP contribution in [-0.2, 0) is 14.2 Å². The van der Waals surface area contributed by atoms with Gasteiger partial charge in [0.15, 0.2) is 0 Å². The molecule has 0 spiro atoms. The van der Waals surface area contributed by atoms with Gasteiger partial charge in [-0.05, 0) is 12.8 Å². The smallest absolute Gasteiger partial charge is 0.0701 e. The van der Waals surface area contributed by atoms with Gasteiger partial charge >= 0.3 is 0 Å². The number of hydrogen-bond donors (Lipinski definition) is 2. The lowest BCUT2D eigenvalue weighted by molar-refractivity contribution is 0.0172. The Kier molecular flexibility index (Phi) is 38.3. The SMILES string of the molecule is CCCCCCCCCCCCCCCCC(C)(CO)CN1CCOCCOCCN(CC(C)(CO)CCCCCCCCCCCCCCCC)CCOCC1. The van der Waals surface area contributed by atoms with Gasteiger partial charge in [-0.3, -0.25) is 9.80 Å². The fraction of sp³-hybridized carbons (Fsp3) is 1.00. The third-order valence-electron chi connectivity index (χ3n) is 12.8. The van der Waals surface area contributed by atoms with Crippen LogP contribution in [-0.4, -0.2) is 112 Å². The largest absolute Gasteiger partial charge is 0.396 e. The summed E-state index contributed by atoms with van der Waals surface area (Å²) in [6.45, 7) is 18.6. The summed E-state index contributed by atoms with van der Waals surface area (Å²) in [4.78, 5) is 4.88. The number of rotatable bonds is 36. The molecule has 1 heterocycles. The van der Waals surface area contributed by atoms with Gasteiger partial charge in [-0.15, -0.1) is 0 Å². The van der Waals surface area contributed by atoms with Gasteiger partial charge in [0.25, 0.3) is 0 Å². The van der Waals surface area contributed by atoms with Crippen molar-refractivity contribution in [1.82, 2.24) is 9.80 Å². The fourth-order valence-corrected chi connectivity index (χ4v) is 8.73. The summed E-state index contributed by atoms with van der Waals surface area (Å²) in [6, 6.07) is 0. The van der Waals surface area contributed by atoms with Crippen LogP contribution in [0.15, 0.2) is 0 Å². The lowest BCUT2D eigenvalue weighted by atomic mass is 9.84. The van der Waals surface area contributed by atoms with Crippen molar-refractivity contribution in [3.8, 4) is 0 Å². The normalized spacial score (nSPS) is 18.2. The van der Waals surface area contributed by atoms with E-state index in [4.69, 9.17) is 14.2 Å². The van der Waals surface area contributed by atoms with Crippen LogP contribution in [0.1, 0.15) is 220 Å². The topological polar surface area (TPSA) is 74.6 Å². The molecule has 0 aliphatic carbocycles. The molecule has 1 rings (SSSR count). The number of ether oxygens (including phenoxy) is 3. The Labute approximate surface area is 356 Å². The molecule has 0 aromatic heterocycles. The zero-order valence-electron chi connectivity index (χ0n) is 39.1. The number of aliphatic hydroxyl groups excluding tert-OH is 2. The highest BCUT2D eigenvalue weighted by atomic mass is 16.5. The van der Waals surface area contributed by atoms with Gasteiger partial charge in [0, 0.05) is 63.3 Å². The number of hydrogen-bond acceptors (Lipinski definition) is 7. The molecular weight excluding hydrogens is 709 g/mol. The molecule has 57 heavy (non-hydrogen) atoms. The van der Waals surface area contributed by atoms with Crippen LogP contribution in [0.25, 0.3) is 0 Å². The van der Waals surface area contributed by atoms with Crippen molar-refractivity contribution in [2.75, 3.05) is 92.1 Å². The van der Waals surface area contributed by atoms with Crippen molar-refractivity contribution < 1.29 is 24.4 Å². The molecule has 1 aliphatic heterocycles. The molecule has 2 atom stereocenters. The molecule has 1 aliphatic rings. The molecule has 0 saturated carbocycles. The van der Waals surface area contributed by atoms with Crippen LogP contribution in [0.3, 0.4) is 0 Å². The predicted octanol–water partition coefficient (Wildman–Crippen LogP) is 12.4. The Morgan fingerprint density at radius 2 is 0.579 bits per heavy atom. The molecule has 2 N–H and O–H groups in total. The van der Waals surface area contributed by atoms with E-state index in [9.17, 15) is 10.2 Å². The highest BCUT2D eigenvalue weighted by Gasteiger charge is 2.27. The summed E-state index contributed by atoms with van der Waals surface area (Å²) < 4.78 is 18.2. The zero-order valence-corrected chi connectivity index (χ0v) is 39.1. The molecule has 342 valence electrons. The van der Waals surface area contributed by atoms with Gasteiger partial charge < -0.3 is 24.4 Å². The van der Waals surface area contributed by atoms with Crippen molar-refractivity contribution in [3.63, 3.8) is 0 Å². The summed E-state index contributed by atoms with van der Waals surface area (Å²) in [7, 11) is 0. The summed E-state index contributed by atoms with van der Waals surface area (Å²) in [5.74, 6) is 0. The first kappa shape index (κ1) is 54.7. The maximum atomic E-state index is 10.5. The molecule has 0 amide bonds. The van der Waals surface area contributed by atoms with Crippen molar-refractivity contribution in [3.05, 3.63) is 0 Å². The third-order valence-corrected chi connectivity index (χ3v) is 12.8. The average Bonchev–Trinajstić information content (AvgIpc) is 3.22. The van der Waals surface area contributed by atoms with E-state index in [1.54, 1.807) is 0 Å². The van der Waals surface area contributed by atoms with Crippen LogP contribution in [0.4, 0.5) is 0 Å². The van der Waals surface area contributed by atoms with E-state index in [-0.39, 0.29) is 24.0 Å². The minimum absolute atomic E-state index is 0.109. The zero-order chi connectivity index (χ0) is 41.4. The maximum absolute atomic E-state index is 10.5. The van der Waals surface area contributed by atoms with Gasteiger partial charge in [0.2, 0.25) is 0 Å². The van der Waals surface area contributed by atoms with Crippen molar-refractivity contribution in [2.45, 2.75) is 220 Å². The van der Waals surface area contributed by atoms with E-state index in [1.165, 1.54) is 180 Å². The highest BCUT2D eigenvalue weighted by molar-refractivity contribution is 4.80. The van der Waals surface area contributed by atoms with E-state index >= 15 is 0 Å². The Balaban J connectivity index is 2.35. The quantitative estimate of drug-likeness (QED) is 0.0611. The monoisotopic (exact) mass is 811 g/mol. The van der Waals surface area contributed by atoms with E-state index in [0.29, 0.717) is 39.6 Å². The molecule has 0 aromatic rings. The Bertz CT molecular complexity index is 756. The number of nitrogens with zero attached hydrogens (tertiary/aromatic N) is 2. The molecule has 7 nitrogen and oxygen atoms in total. The van der Waals surface area contributed by atoms with Gasteiger partial charge in [0.1, 0.15) is 0 Å². The summed E-state index contributed by atoms with van der Waals surface area (Å²) in [6.07, 6.45) is 40.5. The molecule has 1 fully saturated rings. The Morgan fingerprint density at radius 3 is 0.825 bits per heavy atom. The highest BCUT2D eigenvalue weighted by Crippen LogP contribution is 2.28. The lowest BCUT2D eigenvalue weighted by Crippen LogP contribution is -2.42. The summed E-state index contributed by atoms with van der Waals surface area (Å²) in [5.41, 5.74) is -0.219. The first-order chi connectivity index (χ1) is 27.9. The first-order valence-corrected chi connectivity index (χ1v) is 25.3. The standard InChI is InChI=1S/C50H102N2O5/c1-5-7-9-11-13-15-17-19-21-23-25-27-29-31-33-49(3,47-53)45-51-35-39-55-40-36-52(38-42-57-44-43-56-41-37-51)46-50(4,48-54)34-32-30-28-26-24-22-20-18-16-14-12-10-8-6-2/h53-54H,5-48H2,1-4H3. The van der Waals surface area contributed by atoms with Gasteiger partial charge in [-0.1, -0.05) is 207 Å². The maximum Gasteiger partial charge on any atom is 0.0701 e. The second-order valence-electron chi connectivity index (χ2n) is 19.0. The molecule has 2 unspecified atom stereocenters. The van der Waals surface area contributed by atoms with Crippen LogP contribution in [0.2, 0.25) is 0 Å². The van der Waals surface area contributed by atoms with E-state index in [0.717, 1.165) is 52.1 Å². The van der Waals surface area contributed by atoms with Gasteiger partial charge in [0.05, 0.1) is 39.6 Å². The van der Waals surface area contributed by atoms with E-state index in [2.05, 4.69) is 37.5 Å². The molecule has 1 saturated heterocycles. The summed E-state index contributed by atoms with van der Waals surface area (Å²) >= 11 is 0. The lowest BCUT2D eigenvalue weighted by Gasteiger charge is -2.35. The third kappa shape index (κ3) is 34.0.